The Hall–Kier alpha value is -1.10. The van der Waals surface area contributed by atoms with Crippen LogP contribution in [-0.2, 0) is 9.59 Å². The molecule has 1 saturated carbocycles. The Balaban J connectivity index is 2.27. The van der Waals surface area contributed by atoms with Crippen LogP contribution in [0.15, 0.2) is 0 Å². The fraction of sp³-hybridized carbons (Fsp3) is 0.846. The molecule has 104 valence electrons. The van der Waals surface area contributed by atoms with E-state index in [9.17, 15) is 9.59 Å². The van der Waals surface area contributed by atoms with Crippen molar-refractivity contribution >= 4 is 11.9 Å². The molecular weight excluding hydrogens is 232 g/mol. The normalized spacial score (nSPS) is 17.3. The Kier molecular flexibility index (Phi) is 5.14. The summed E-state index contributed by atoms with van der Waals surface area (Å²) in [6, 6.07) is 0.487. The third-order valence-corrected chi connectivity index (χ3v) is 2.88. The van der Waals surface area contributed by atoms with Gasteiger partial charge in [0.05, 0.1) is 12.5 Å². The molecule has 18 heavy (non-hydrogen) atoms. The molecule has 1 amide bonds. The molecule has 1 fully saturated rings. The number of hydrogen-bond acceptors (Lipinski definition) is 3. The van der Waals surface area contributed by atoms with Crippen molar-refractivity contribution in [1.82, 2.24) is 10.6 Å². The van der Waals surface area contributed by atoms with E-state index in [1.54, 1.807) is 0 Å². The Morgan fingerprint density at radius 1 is 1.33 bits per heavy atom. The minimum atomic E-state index is -0.847. The number of hydrogen-bond donors (Lipinski definition) is 3. The summed E-state index contributed by atoms with van der Waals surface area (Å²) in [6.07, 6.45) is 2.82. The summed E-state index contributed by atoms with van der Waals surface area (Å²) in [6.45, 7) is 6.49. The van der Waals surface area contributed by atoms with E-state index in [-0.39, 0.29) is 24.4 Å². The van der Waals surface area contributed by atoms with Crippen molar-refractivity contribution in [2.45, 2.75) is 46.1 Å². The van der Waals surface area contributed by atoms with Crippen LogP contribution >= 0.6 is 0 Å². The average molecular weight is 256 g/mol. The molecule has 0 aromatic carbocycles. The summed E-state index contributed by atoms with van der Waals surface area (Å²) in [4.78, 5) is 22.6. The van der Waals surface area contributed by atoms with E-state index >= 15 is 0 Å². The summed E-state index contributed by atoms with van der Waals surface area (Å²) in [7, 11) is 0. The van der Waals surface area contributed by atoms with Gasteiger partial charge in [-0.3, -0.25) is 9.59 Å². The Bertz CT molecular complexity index is 306. The SMILES string of the molecule is CC(C)(C)CC(CNC(=O)CNC1CC1)C(=O)O. The van der Waals surface area contributed by atoms with Crippen LogP contribution in [0.3, 0.4) is 0 Å². The lowest BCUT2D eigenvalue weighted by molar-refractivity contribution is -0.142. The van der Waals surface area contributed by atoms with Crippen LogP contribution in [-0.4, -0.2) is 36.1 Å². The van der Waals surface area contributed by atoms with E-state index in [1.165, 1.54) is 0 Å². The number of rotatable bonds is 7. The highest BCUT2D eigenvalue weighted by molar-refractivity contribution is 5.79. The molecule has 1 rings (SSSR count). The molecule has 1 aliphatic carbocycles. The molecule has 0 bridgehead atoms. The lowest BCUT2D eigenvalue weighted by Gasteiger charge is -2.23. The van der Waals surface area contributed by atoms with Crippen molar-refractivity contribution in [2.24, 2.45) is 11.3 Å². The van der Waals surface area contributed by atoms with Crippen molar-refractivity contribution in [1.29, 1.82) is 0 Å². The van der Waals surface area contributed by atoms with E-state index in [0.717, 1.165) is 12.8 Å². The van der Waals surface area contributed by atoms with Gasteiger partial charge in [-0.25, -0.2) is 0 Å². The lowest BCUT2D eigenvalue weighted by atomic mass is 9.84. The molecule has 0 spiro atoms. The molecular formula is C13H24N2O3. The molecule has 0 saturated heterocycles. The zero-order chi connectivity index (χ0) is 13.8. The van der Waals surface area contributed by atoms with Gasteiger partial charge in [-0.2, -0.15) is 0 Å². The predicted octanol–water partition coefficient (Wildman–Crippen LogP) is 0.992. The van der Waals surface area contributed by atoms with Crippen molar-refractivity contribution in [3.63, 3.8) is 0 Å². The minimum Gasteiger partial charge on any atom is -0.481 e. The maximum atomic E-state index is 11.5. The van der Waals surface area contributed by atoms with Gasteiger partial charge >= 0.3 is 5.97 Å². The smallest absolute Gasteiger partial charge is 0.308 e. The number of nitrogens with one attached hydrogen (secondary N) is 2. The van der Waals surface area contributed by atoms with E-state index in [4.69, 9.17) is 5.11 Å². The molecule has 1 unspecified atom stereocenters. The lowest BCUT2D eigenvalue weighted by Crippen LogP contribution is -2.39. The maximum Gasteiger partial charge on any atom is 0.308 e. The molecule has 0 radical (unpaired) electrons. The second kappa shape index (κ2) is 6.18. The fourth-order valence-corrected chi connectivity index (χ4v) is 1.81. The standard InChI is InChI=1S/C13H24N2O3/c1-13(2,3)6-9(12(17)18)7-15-11(16)8-14-10-4-5-10/h9-10,14H,4-8H2,1-3H3,(H,15,16)(H,17,18). The quantitative estimate of drug-likeness (QED) is 0.635. The highest BCUT2D eigenvalue weighted by atomic mass is 16.4. The van der Waals surface area contributed by atoms with Gasteiger partial charge in [0.2, 0.25) is 5.91 Å². The summed E-state index contributed by atoms with van der Waals surface area (Å²) in [5.41, 5.74) is -0.0555. The largest absolute Gasteiger partial charge is 0.481 e. The highest BCUT2D eigenvalue weighted by Crippen LogP contribution is 2.24. The minimum absolute atomic E-state index is 0.0555. The molecule has 5 nitrogen and oxygen atoms in total. The molecule has 3 N–H and O–H groups in total. The number of carbonyl (C=O) groups excluding carboxylic acids is 1. The number of carbonyl (C=O) groups is 2. The molecule has 5 heteroatoms. The molecule has 1 atom stereocenters. The Labute approximate surface area is 108 Å². The summed E-state index contributed by atoms with van der Waals surface area (Å²) < 4.78 is 0. The zero-order valence-corrected chi connectivity index (χ0v) is 11.5. The number of carboxylic acid groups (broad SMARTS) is 1. The van der Waals surface area contributed by atoms with Crippen LogP contribution in [0.25, 0.3) is 0 Å². The van der Waals surface area contributed by atoms with Crippen LogP contribution in [0.4, 0.5) is 0 Å². The van der Waals surface area contributed by atoms with Gasteiger partial charge in [0.15, 0.2) is 0 Å². The van der Waals surface area contributed by atoms with Gasteiger partial charge in [0.1, 0.15) is 0 Å². The van der Waals surface area contributed by atoms with Crippen LogP contribution < -0.4 is 10.6 Å². The second-order valence-electron chi connectivity index (χ2n) is 6.26. The fourth-order valence-electron chi connectivity index (χ4n) is 1.81. The van der Waals surface area contributed by atoms with Crippen LogP contribution in [0.2, 0.25) is 0 Å². The Morgan fingerprint density at radius 3 is 2.39 bits per heavy atom. The van der Waals surface area contributed by atoms with Crippen molar-refractivity contribution in [2.75, 3.05) is 13.1 Å². The van der Waals surface area contributed by atoms with E-state index < -0.39 is 11.9 Å². The first kappa shape index (κ1) is 15.0. The third kappa shape index (κ3) is 6.59. The highest BCUT2D eigenvalue weighted by Gasteiger charge is 2.25. The number of carboxylic acids is 1. The van der Waals surface area contributed by atoms with Crippen LogP contribution in [0.1, 0.15) is 40.0 Å². The third-order valence-electron chi connectivity index (χ3n) is 2.88. The van der Waals surface area contributed by atoms with Gasteiger partial charge < -0.3 is 15.7 Å². The van der Waals surface area contributed by atoms with Crippen molar-refractivity contribution < 1.29 is 14.7 Å². The summed E-state index contributed by atoms with van der Waals surface area (Å²) >= 11 is 0. The molecule has 0 aromatic heterocycles. The van der Waals surface area contributed by atoms with Crippen molar-refractivity contribution in [3.8, 4) is 0 Å². The molecule has 0 heterocycles. The number of aliphatic carboxylic acids is 1. The van der Waals surface area contributed by atoms with Crippen molar-refractivity contribution in [3.05, 3.63) is 0 Å². The predicted molar refractivity (Wildman–Crippen MR) is 69.2 cm³/mol. The summed E-state index contributed by atoms with van der Waals surface area (Å²) in [5.74, 6) is -1.49. The molecule has 0 aromatic rings. The van der Waals surface area contributed by atoms with Gasteiger partial charge in [0, 0.05) is 12.6 Å². The zero-order valence-electron chi connectivity index (χ0n) is 11.5. The van der Waals surface area contributed by atoms with Crippen LogP contribution in [0, 0.1) is 11.3 Å². The van der Waals surface area contributed by atoms with Gasteiger partial charge in [0.25, 0.3) is 0 Å². The first-order valence-corrected chi connectivity index (χ1v) is 6.51. The van der Waals surface area contributed by atoms with Gasteiger partial charge in [-0.15, -0.1) is 0 Å². The molecule has 1 aliphatic rings. The summed E-state index contributed by atoms with van der Waals surface area (Å²) in [5, 5.41) is 14.9. The maximum absolute atomic E-state index is 11.5. The average Bonchev–Trinajstić information content (AvgIpc) is 3.03. The molecule has 0 aliphatic heterocycles. The van der Waals surface area contributed by atoms with E-state index in [1.807, 2.05) is 20.8 Å². The number of amides is 1. The van der Waals surface area contributed by atoms with Crippen LogP contribution in [0.5, 0.6) is 0 Å². The first-order valence-electron chi connectivity index (χ1n) is 6.51. The second-order valence-corrected chi connectivity index (χ2v) is 6.26. The Morgan fingerprint density at radius 2 is 1.94 bits per heavy atom. The van der Waals surface area contributed by atoms with Gasteiger partial charge in [-0.1, -0.05) is 20.8 Å². The first-order chi connectivity index (χ1) is 8.28. The van der Waals surface area contributed by atoms with E-state index in [2.05, 4.69) is 10.6 Å². The van der Waals surface area contributed by atoms with E-state index in [0.29, 0.717) is 12.5 Å². The van der Waals surface area contributed by atoms with Gasteiger partial charge in [-0.05, 0) is 24.7 Å². The topological polar surface area (TPSA) is 78.4 Å². The monoisotopic (exact) mass is 256 g/mol.